The number of nitrogens with two attached hydrogens (primary N) is 1. The van der Waals surface area contributed by atoms with Crippen LogP contribution in [0, 0.1) is 25.5 Å². The maximum absolute atomic E-state index is 14.2. The van der Waals surface area contributed by atoms with Gasteiger partial charge in [-0.3, -0.25) is 0 Å². The van der Waals surface area contributed by atoms with Gasteiger partial charge in [-0.05, 0) is 55.3 Å². The average molecular weight is 413 g/mol. The zero-order valence-corrected chi connectivity index (χ0v) is 15.6. The normalized spacial score (nSPS) is 12.0. The van der Waals surface area contributed by atoms with Crippen LogP contribution in [0.1, 0.15) is 23.2 Å². The van der Waals surface area contributed by atoms with Crippen molar-refractivity contribution in [2.45, 2.75) is 25.2 Å². The minimum Gasteiger partial charge on any atom is -0.233 e. The molecule has 0 fully saturated rings. The Kier molecular flexibility index (Phi) is 5.02. The van der Waals surface area contributed by atoms with E-state index >= 15 is 0 Å². The van der Waals surface area contributed by atoms with E-state index in [1.807, 2.05) is 6.07 Å². The van der Waals surface area contributed by atoms with E-state index in [0.717, 1.165) is 21.9 Å². The fourth-order valence-electron chi connectivity index (χ4n) is 2.96. The van der Waals surface area contributed by atoms with Crippen LogP contribution in [0.25, 0.3) is 16.9 Å². The highest BCUT2D eigenvalue weighted by Gasteiger charge is 2.24. The van der Waals surface area contributed by atoms with Crippen LogP contribution in [0.4, 0.5) is 17.6 Å². The maximum Gasteiger partial charge on any atom is 0.282 e. The van der Waals surface area contributed by atoms with Crippen LogP contribution >= 0.6 is 0 Å². The molecule has 0 atom stereocenters. The molecule has 0 aliphatic rings. The Labute approximate surface area is 158 Å². The molecule has 1 heterocycles. The van der Waals surface area contributed by atoms with Gasteiger partial charge in [-0.1, -0.05) is 6.07 Å². The van der Waals surface area contributed by atoms with Gasteiger partial charge in [-0.2, -0.15) is 5.10 Å². The van der Waals surface area contributed by atoms with E-state index < -0.39 is 38.7 Å². The third kappa shape index (κ3) is 3.78. The van der Waals surface area contributed by atoms with E-state index in [1.165, 1.54) is 0 Å². The molecule has 2 N–H and O–H groups in total. The lowest BCUT2D eigenvalue weighted by atomic mass is 10.1. The van der Waals surface area contributed by atoms with Crippen LogP contribution < -0.4 is 5.14 Å². The second-order valence-electron chi connectivity index (χ2n) is 6.33. The second-order valence-corrected chi connectivity index (χ2v) is 7.83. The molecule has 2 aromatic carbocycles. The molecule has 0 amide bonds. The van der Waals surface area contributed by atoms with E-state index in [9.17, 15) is 26.0 Å². The highest BCUT2D eigenvalue weighted by Crippen LogP contribution is 2.31. The first kappa shape index (κ1) is 20.0. The molecule has 0 aliphatic heterocycles. The molecular formula is C18H15F4N3O2S. The standard InChI is InChI=1S/C18H15F4N3O2S/c1-9-3-10(2)5-12(4-9)25-16(8-15(24-25)18(21)22)11-6-13(19)17(14(20)7-11)28(23,26)27/h3-8,18H,1-2H3,(H2,23,26,27). The highest BCUT2D eigenvalue weighted by atomic mass is 32.2. The number of alkyl halides is 2. The smallest absolute Gasteiger partial charge is 0.233 e. The number of nitrogens with zero attached hydrogens (tertiary/aromatic N) is 2. The number of hydrogen-bond acceptors (Lipinski definition) is 3. The molecule has 0 unspecified atom stereocenters. The van der Waals surface area contributed by atoms with Gasteiger partial charge in [-0.15, -0.1) is 0 Å². The molecule has 10 heteroatoms. The number of hydrogen-bond donors (Lipinski definition) is 1. The molecule has 0 saturated carbocycles. The van der Waals surface area contributed by atoms with Crippen molar-refractivity contribution in [2.24, 2.45) is 5.14 Å². The summed E-state index contributed by atoms with van der Waals surface area (Å²) in [5.74, 6) is -2.85. The van der Waals surface area contributed by atoms with E-state index in [1.54, 1.807) is 26.0 Å². The monoisotopic (exact) mass is 413 g/mol. The largest absolute Gasteiger partial charge is 0.282 e. The molecule has 0 radical (unpaired) electrons. The lowest BCUT2D eigenvalue weighted by Gasteiger charge is -2.11. The van der Waals surface area contributed by atoms with Gasteiger partial charge in [0.1, 0.15) is 17.3 Å². The second kappa shape index (κ2) is 7.02. The predicted octanol–water partition coefficient (Wildman–Crippen LogP) is 4.02. The van der Waals surface area contributed by atoms with Gasteiger partial charge in [0.05, 0.1) is 11.4 Å². The zero-order valence-electron chi connectivity index (χ0n) is 14.7. The van der Waals surface area contributed by atoms with Crippen LogP contribution in [-0.4, -0.2) is 18.2 Å². The topological polar surface area (TPSA) is 78.0 Å². The molecule has 0 spiro atoms. The number of benzene rings is 2. The summed E-state index contributed by atoms with van der Waals surface area (Å²) in [4.78, 5) is -1.29. The number of aromatic nitrogens is 2. The first-order valence-corrected chi connectivity index (χ1v) is 9.51. The summed E-state index contributed by atoms with van der Waals surface area (Å²) in [6.45, 7) is 3.60. The Bertz CT molecular complexity index is 1130. The molecule has 0 aliphatic carbocycles. The van der Waals surface area contributed by atoms with Crippen LogP contribution in [0.2, 0.25) is 0 Å². The van der Waals surface area contributed by atoms with E-state index in [0.29, 0.717) is 17.8 Å². The maximum atomic E-state index is 14.2. The van der Waals surface area contributed by atoms with Gasteiger partial charge in [0, 0.05) is 5.56 Å². The molecule has 3 aromatic rings. The Morgan fingerprint density at radius 1 is 0.964 bits per heavy atom. The van der Waals surface area contributed by atoms with Crippen molar-refractivity contribution < 1.29 is 26.0 Å². The summed E-state index contributed by atoms with van der Waals surface area (Å²) >= 11 is 0. The third-order valence-corrected chi connectivity index (χ3v) is 4.94. The minimum absolute atomic E-state index is 0.0286. The number of sulfonamides is 1. The van der Waals surface area contributed by atoms with Crippen molar-refractivity contribution >= 4 is 10.0 Å². The van der Waals surface area contributed by atoms with E-state index in [-0.39, 0.29) is 11.3 Å². The molecule has 0 bridgehead atoms. The Balaban J connectivity index is 2.28. The van der Waals surface area contributed by atoms with E-state index in [4.69, 9.17) is 5.14 Å². The average Bonchev–Trinajstić information content (AvgIpc) is 2.97. The van der Waals surface area contributed by atoms with Gasteiger partial charge >= 0.3 is 0 Å². The van der Waals surface area contributed by atoms with Crippen LogP contribution in [0.15, 0.2) is 41.3 Å². The fraction of sp³-hybridized carbons (Fsp3) is 0.167. The minimum atomic E-state index is -4.64. The van der Waals surface area contributed by atoms with E-state index in [2.05, 4.69) is 5.10 Å². The van der Waals surface area contributed by atoms with Crippen LogP contribution in [0.5, 0.6) is 0 Å². The summed E-state index contributed by atoms with van der Waals surface area (Å²) in [6.07, 6.45) is -2.91. The fourth-order valence-corrected chi connectivity index (χ4v) is 3.62. The molecule has 3 rings (SSSR count). The molecule has 5 nitrogen and oxygen atoms in total. The Morgan fingerprint density at radius 2 is 1.50 bits per heavy atom. The quantitative estimate of drug-likeness (QED) is 0.657. The number of rotatable bonds is 4. The molecule has 0 saturated heterocycles. The van der Waals surface area contributed by atoms with Gasteiger partial charge < -0.3 is 0 Å². The Morgan fingerprint density at radius 3 is 1.96 bits per heavy atom. The van der Waals surface area contributed by atoms with Crippen molar-refractivity contribution in [1.82, 2.24) is 9.78 Å². The number of aryl methyl sites for hydroxylation is 2. The zero-order chi connectivity index (χ0) is 20.8. The SMILES string of the molecule is Cc1cc(C)cc(-n2nc(C(F)F)cc2-c2cc(F)c(S(N)(=O)=O)c(F)c2)c1. The summed E-state index contributed by atoms with van der Waals surface area (Å²) in [5.41, 5.74) is 1.29. The lowest BCUT2D eigenvalue weighted by molar-refractivity contribution is 0.145. The van der Waals surface area contributed by atoms with Crippen molar-refractivity contribution in [1.29, 1.82) is 0 Å². The van der Waals surface area contributed by atoms with Crippen molar-refractivity contribution in [2.75, 3.05) is 0 Å². The first-order chi connectivity index (χ1) is 13.0. The summed E-state index contributed by atoms with van der Waals surface area (Å²) in [6, 6.07) is 7.63. The summed E-state index contributed by atoms with van der Waals surface area (Å²) in [7, 11) is -4.64. The van der Waals surface area contributed by atoms with Crippen molar-refractivity contribution in [3.8, 4) is 16.9 Å². The molecule has 28 heavy (non-hydrogen) atoms. The first-order valence-electron chi connectivity index (χ1n) is 7.96. The predicted molar refractivity (Wildman–Crippen MR) is 94.7 cm³/mol. The molecule has 1 aromatic heterocycles. The van der Waals surface area contributed by atoms with Gasteiger partial charge in [0.25, 0.3) is 6.43 Å². The number of halogens is 4. The Hall–Kier alpha value is -2.72. The highest BCUT2D eigenvalue weighted by molar-refractivity contribution is 7.89. The van der Waals surface area contributed by atoms with Crippen molar-refractivity contribution in [3.05, 3.63) is 64.9 Å². The van der Waals surface area contributed by atoms with Gasteiger partial charge in [0.2, 0.25) is 10.0 Å². The number of primary sulfonamides is 1. The summed E-state index contributed by atoms with van der Waals surface area (Å²) < 4.78 is 78.8. The summed E-state index contributed by atoms with van der Waals surface area (Å²) in [5, 5.41) is 8.67. The lowest BCUT2D eigenvalue weighted by Crippen LogP contribution is -2.16. The third-order valence-electron chi connectivity index (χ3n) is 3.98. The van der Waals surface area contributed by atoms with Gasteiger partial charge in [0.15, 0.2) is 4.90 Å². The van der Waals surface area contributed by atoms with Crippen LogP contribution in [0.3, 0.4) is 0 Å². The van der Waals surface area contributed by atoms with Crippen molar-refractivity contribution in [3.63, 3.8) is 0 Å². The van der Waals surface area contributed by atoms with Crippen LogP contribution in [-0.2, 0) is 10.0 Å². The van der Waals surface area contributed by atoms with Gasteiger partial charge in [-0.25, -0.2) is 35.8 Å². The molecular weight excluding hydrogens is 398 g/mol. The molecule has 148 valence electrons.